The number of carbonyl (C=O) groups is 1. The minimum absolute atomic E-state index is 0.275. The molecule has 2 atom stereocenters. The van der Waals surface area contributed by atoms with Gasteiger partial charge in [-0.25, -0.2) is 4.79 Å². The number of hydrogen-bond acceptors (Lipinski definition) is 4. The van der Waals surface area contributed by atoms with Gasteiger partial charge in [0.05, 0.1) is 193 Å². The fraction of sp³-hybridized carbons (Fsp3) is 0.402. The molecule has 0 N–H and O–H groups in total. The predicted molar refractivity (Wildman–Crippen MR) is 625 cm³/mol. The van der Waals surface area contributed by atoms with Gasteiger partial charge in [0.2, 0.25) is 0 Å². The van der Waals surface area contributed by atoms with Crippen molar-refractivity contribution in [3.05, 3.63) is 339 Å². The molecule has 15 heteroatoms. The van der Waals surface area contributed by atoms with E-state index in [1.807, 2.05) is 106 Å². The second-order valence-electron chi connectivity index (χ2n) is 38.8. The van der Waals surface area contributed by atoms with Crippen molar-refractivity contribution in [1.29, 1.82) is 0 Å². The molecule has 1 fully saturated rings. The summed E-state index contributed by atoms with van der Waals surface area (Å²) in [5.74, 6) is -0.275. The number of benzene rings is 11. The van der Waals surface area contributed by atoms with Crippen molar-refractivity contribution in [2.24, 2.45) is 0 Å². The van der Waals surface area contributed by atoms with Crippen LogP contribution in [0.5, 0.6) is 0 Å². The molecule has 1 saturated heterocycles. The van der Waals surface area contributed by atoms with E-state index in [0.717, 1.165) is 29.3 Å². The normalized spacial score (nSPS) is 15.3. The van der Waals surface area contributed by atoms with Crippen LogP contribution in [-0.2, 0) is 14.2 Å². The summed E-state index contributed by atoms with van der Waals surface area (Å²) >= 11 is 0. The molecule has 0 aliphatic carbocycles. The third kappa shape index (κ3) is 60.4. The van der Waals surface area contributed by atoms with Crippen molar-refractivity contribution in [1.82, 2.24) is 0 Å². The Morgan fingerprint density at radius 3 is 0.748 bits per heavy atom. The van der Waals surface area contributed by atoms with Crippen LogP contribution in [0.15, 0.2) is 328 Å². The zero-order valence-corrected chi connectivity index (χ0v) is 93.8. The van der Waals surface area contributed by atoms with Crippen molar-refractivity contribution >= 4 is 139 Å². The predicted octanol–water partition coefficient (Wildman–Crippen LogP) is 27.5. The number of methoxy groups -OCH3 is 3. The van der Waals surface area contributed by atoms with Crippen molar-refractivity contribution in [3.63, 3.8) is 0 Å². The molecular weight excluding hydrogens is 1750 g/mol. The molecule has 696 valence electrons. The number of rotatable bonds is 15. The summed E-state index contributed by atoms with van der Waals surface area (Å²) in [6.07, 6.45) is 7.46. The molecule has 4 nitrogen and oxygen atoms in total. The van der Waals surface area contributed by atoms with E-state index < -0.39 is 90.4 Å². The Bertz CT molecular complexity index is 4970. The number of esters is 1. The maximum atomic E-state index is 11.0. The van der Waals surface area contributed by atoms with Gasteiger partial charge < -0.3 is 14.2 Å². The number of ether oxygens (including phenoxy) is 3. The number of aryl methyl sites for hydroxylation is 1. The summed E-state index contributed by atoms with van der Waals surface area (Å²) in [7, 11) is -10.4. The third-order valence-electron chi connectivity index (χ3n) is 17.9. The van der Waals surface area contributed by atoms with Crippen LogP contribution in [0.2, 0.25) is 0 Å². The molecule has 11 aromatic rings. The minimum Gasteiger partial charge on any atom is -0.465 e. The lowest BCUT2D eigenvalue weighted by molar-refractivity contribution is 0.0397. The van der Waals surface area contributed by atoms with Gasteiger partial charge in [-0.15, -0.1) is 0 Å². The second kappa shape index (κ2) is 62.2. The summed E-state index contributed by atoms with van der Waals surface area (Å²) in [6, 6.07) is 111. The Labute approximate surface area is 815 Å². The van der Waals surface area contributed by atoms with Crippen LogP contribution in [-0.4, -0.2) is 265 Å². The second-order valence-corrected chi connectivity index (χ2v) is 84.1. The molecule has 0 aromatic heterocycles. The van der Waals surface area contributed by atoms with E-state index in [4.69, 9.17) is 34.1 Å². The monoisotopic (exact) mass is 1950 g/mol. The van der Waals surface area contributed by atoms with Gasteiger partial charge in [-0.05, 0) is 173 Å². The summed E-state index contributed by atoms with van der Waals surface area (Å²) in [6.45, 7) is 47.8. The zero-order chi connectivity index (χ0) is 112. The standard InChI is InChI=1S/C19H18P.2C14H16P.C11H16P.C9H10O2.2C9H14P.C7H16O2.5C4H12P/c1-20(17-11-5-2-6-12-17,18-13-7-3-8-14-18)19-15-9-4-10-16-19;2*1-15(2,13-9-5-3-6-10-13)14-11-7-4-8-12-14;1-12(9-5-6-10-12)11-7-3-2-4-8-11;1-7-5-3-4-6-8(7)9(10)11-2;2*1-10(2,3)9-7-5-4-6-8-9;1-6(8-3)5-7(2)9-4;5*1-5(2,3)4/h2-16H,1H3;2*3-12H,1-2H3;2-4,7-8H,5-6,9-10H2,1H3;3-6H,1-2H3;2*4-8H,1-3H3;6-7H,5H2,1-4H3;5*1-4H3/q4*+1;;2*+1;;5*+1/i;1D3;;;;1D3,2D3;;;1D3,2D3,3D3;;;;. The molecule has 2 unspecified atom stereocenters. The SMILES string of the molecule is COC(=O)c1ccccc1C.COC(C)CC(C)OC.C[P+](C)(C)C.C[P+](C)(C)C.C[P+](C)(C)C.C[P+](C)(C)C.C[P+](C)(C)c1ccccc1.C[P+](C)(c1ccccc1)c1ccccc1.C[P+](c1ccccc1)(c1ccccc1)c1ccccc1.C[P+]1(c2ccccc2)CCCC1.[2H]C([2H])([2H])[P+](C)(C([2H])([2H])[2H])C([2H])([2H])[2H].[2H]C([2H])([2H])[P+](C)(c1ccccc1)C([2H])([2H])[2H].[2H]C([2H])([2H])[P+](C)(c1ccccc1)c1ccccc1. The molecule has 12 rings (SSSR count). The molecule has 0 spiro atoms. The van der Waals surface area contributed by atoms with Crippen molar-refractivity contribution < 1.29 is 43.7 Å². The Morgan fingerprint density at radius 1 is 0.299 bits per heavy atom. The smallest absolute Gasteiger partial charge is 0.338 e. The van der Waals surface area contributed by atoms with Gasteiger partial charge in [0.15, 0.2) is 0 Å². The van der Waals surface area contributed by atoms with Crippen molar-refractivity contribution in [2.45, 2.75) is 52.2 Å². The molecular formula is C112H180O4P11+11. The maximum absolute atomic E-state index is 11.0. The molecule has 1 heterocycles. The van der Waals surface area contributed by atoms with Crippen LogP contribution in [0.25, 0.3) is 0 Å². The Balaban J connectivity index is 0.00000158. The summed E-state index contributed by atoms with van der Waals surface area (Å²) in [5, 5.41) is 12.7. The van der Waals surface area contributed by atoms with Gasteiger partial charge in [-0.1, -0.05) is 200 Å². The molecule has 0 amide bonds. The van der Waals surface area contributed by atoms with Crippen LogP contribution >= 0.6 is 79.9 Å². The first-order valence-electron chi connectivity index (χ1n) is 52.1. The first-order chi connectivity index (χ1) is 66.2. The fourth-order valence-electron chi connectivity index (χ4n) is 11.2. The van der Waals surface area contributed by atoms with Gasteiger partial charge in [0, 0.05) is 205 Å². The molecule has 0 saturated carbocycles. The van der Waals surface area contributed by atoms with E-state index in [-0.39, 0.29) is 35.0 Å². The topological polar surface area (TPSA) is 44.8 Å². The molecule has 0 radical (unpaired) electrons. The average molecular weight is 1950 g/mol. The fourth-order valence-corrected chi connectivity index (χ4v) is 23.7. The Kier molecular flexibility index (Phi) is 45.5. The number of hydrogen-bond donors (Lipinski definition) is 0. The van der Waals surface area contributed by atoms with Crippen LogP contribution in [0, 0.1) is 6.92 Å². The highest BCUT2D eigenvalue weighted by Gasteiger charge is 2.40. The molecule has 127 heavy (non-hydrogen) atoms. The molecule has 11 aromatic carbocycles. The van der Waals surface area contributed by atoms with E-state index in [9.17, 15) is 4.79 Å². The summed E-state index contributed by atoms with van der Waals surface area (Å²) in [5.41, 5.74) is 1.58. The van der Waals surface area contributed by atoms with Crippen LogP contribution in [0.1, 0.15) is 73.7 Å². The highest BCUT2D eigenvalue weighted by atomic mass is 31.2. The largest absolute Gasteiger partial charge is 0.465 e. The summed E-state index contributed by atoms with van der Waals surface area (Å²) in [4.78, 5) is 11.0. The molecule has 1 aliphatic rings. The Morgan fingerprint density at radius 2 is 0.528 bits per heavy atom. The Hall–Kier alpha value is -4.46. The van der Waals surface area contributed by atoms with Gasteiger partial charge in [0.1, 0.15) is 23.2 Å². The quantitative estimate of drug-likeness (QED) is 0.0758. The summed E-state index contributed by atoms with van der Waals surface area (Å²) < 4.78 is 147. The van der Waals surface area contributed by atoms with Crippen molar-refractivity contribution in [3.8, 4) is 0 Å². The van der Waals surface area contributed by atoms with E-state index in [1.165, 1.54) is 70.8 Å². The van der Waals surface area contributed by atoms with E-state index in [0.29, 0.717) is 23.1 Å². The van der Waals surface area contributed by atoms with Crippen molar-refractivity contribution in [2.75, 3.05) is 246 Å². The lowest BCUT2D eigenvalue weighted by atomic mass is 10.1. The maximum Gasteiger partial charge on any atom is 0.338 e. The lowest BCUT2D eigenvalue weighted by Crippen LogP contribution is -2.30. The van der Waals surface area contributed by atoms with Gasteiger partial charge >= 0.3 is 5.97 Å². The van der Waals surface area contributed by atoms with Gasteiger partial charge in [-0.2, -0.15) is 0 Å². The van der Waals surface area contributed by atoms with Crippen LogP contribution in [0.4, 0.5) is 0 Å². The minimum atomic E-state index is -4.02. The van der Waals surface area contributed by atoms with Gasteiger partial charge in [-0.3, -0.25) is 0 Å². The van der Waals surface area contributed by atoms with Gasteiger partial charge in [0.25, 0.3) is 0 Å². The number of carbonyl (C=O) groups excluding carboxylic acids is 1. The molecule has 1 aliphatic heterocycles. The van der Waals surface area contributed by atoms with E-state index >= 15 is 0 Å². The highest BCUT2D eigenvalue weighted by molar-refractivity contribution is 7.95. The van der Waals surface area contributed by atoms with E-state index in [1.54, 1.807) is 55.9 Å². The molecule has 0 bridgehead atoms. The average Bonchev–Trinajstić information content (AvgIpc) is 0.865. The first-order valence-corrected chi connectivity index (χ1v) is 74.8. The van der Waals surface area contributed by atoms with Crippen LogP contribution < -0.4 is 53.0 Å². The van der Waals surface area contributed by atoms with Crippen LogP contribution in [0.3, 0.4) is 0 Å². The van der Waals surface area contributed by atoms with E-state index in [2.05, 4.69) is 370 Å². The highest BCUT2D eigenvalue weighted by Crippen LogP contribution is 2.59. The zero-order valence-electron chi connectivity index (χ0n) is 102. The lowest BCUT2D eigenvalue weighted by Gasteiger charge is -2.22. The first kappa shape index (κ1) is 93.0. The third-order valence-corrected chi connectivity index (χ3v) is 35.1.